The predicted molar refractivity (Wildman–Crippen MR) is 136 cm³/mol. The van der Waals surface area contributed by atoms with Gasteiger partial charge in [-0.1, -0.05) is 25.0 Å². The minimum absolute atomic E-state index is 0.176. The number of benzene rings is 1. The number of carbonyl (C=O) groups excluding carboxylic acids is 1. The summed E-state index contributed by atoms with van der Waals surface area (Å²) in [5, 5.41) is 0. The molecule has 0 spiro atoms. The second-order valence-corrected chi connectivity index (χ2v) is 12.8. The zero-order valence-electron chi connectivity index (χ0n) is 22.0. The van der Waals surface area contributed by atoms with E-state index in [4.69, 9.17) is 0 Å². The molecule has 2 rings (SSSR count). The molecular formula is C27H33F6NO4S. The largest absolute Gasteiger partial charge is 0.468 e. The van der Waals surface area contributed by atoms with E-state index < -0.39 is 39.1 Å². The van der Waals surface area contributed by atoms with E-state index in [1.54, 1.807) is 13.8 Å². The zero-order valence-corrected chi connectivity index (χ0v) is 22.8. The third-order valence-electron chi connectivity index (χ3n) is 7.10. The highest BCUT2D eigenvalue weighted by atomic mass is 32.2. The molecule has 1 saturated carbocycles. The van der Waals surface area contributed by atoms with E-state index in [1.807, 2.05) is 0 Å². The summed E-state index contributed by atoms with van der Waals surface area (Å²) >= 11 is 0. The Morgan fingerprint density at radius 2 is 1.74 bits per heavy atom. The maximum Gasteiger partial charge on any atom is 0.422 e. The van der Waals surface area contributed by atoms with Crippen LogP contribution < -0.4 is 0 Å². The lowest BCUT2D eigenvalue weighted by atomic mass is 9.67. The molecule has 1 aliphatic carbocycles. The summed E-state index contributed by atoms with van der Waals surface area (Å²) in [6.07, 6.45) is -3.12. The molecule has 1 aromatic rings. The molecule has 1 aliphatic rings. The van der Waals surface area contributed by atoms with E-state index in [0.29, 0.717) is 30.9 Å². The first kappa shape index (κ1) is 32.6. The Labute approximate surface area is 224 Å². The minimum atomic E-state index is -4.64. The first-order valence-corrected chi connectivity index (χ1v) is 13.9. The third-order valence-corrected chi connectivity index (χ3v) is 9.70. The number of nitrogens with zero attached hydrogens (tertiary/aromatic N) is 1. The molecule has 0 bridgehead atoms. The first-order valence-electron chi connectivity index (χ1n) is 12.4. The van der Waals surface area contributed by atoms with E-state index in [1.165, 1.54) is 19.1 Å². The molecule has 1 aromatic carbocycles. The molecule has 0 aliphatic heterocycles. The van der Waals surface area contributed by atoms with Crippen molar-refractivity contribution in [2.75, 3.05) is 6.61 Å². The molecule has 0 aromatic heterocycles. The standard InChI is InChI=1S/C27H33F6NO4S/c1-18(12-13-24(34-4)38-17-26(28,29)30)23(35)11-6-5-8-19-14-21(15-19)25(2,3)39(36,37)22-10-7-9-20(16-22)27(31,32)33/h7,9-10,12-13,16,19,21H,4-6,8,11,14-15,17H2,1-3H3. The molecule has 0 N–H and O–H groups in total. The van der Waals surface area contributed by atoms with Gasteiger partial charge < -0.3 is 4.74 Å². The number of hydrogen-bond donors (Lipinski definition) is 0. The zero-order chi connectivity index (χ0) is 29.6. The van der Waals surface area contributed by atoms with Crippen LogP contribution in [0.4, 0.5) is 26.3 Å². The minimum Gasteiger partial charge on any atom is -0.468 e. The van der Waals surface area contributed by atoms with Gasteiger partial charge in [0, 0.05) is 12.5 Å². The van der Waals surface area contributed by atoms with Crippen LogP contribution in [0.2, 0.25) is 0 Å². The number of hydrogen-bond acceptors (Lipinski definition) is 5. The van der Waals surface area contributed by atoms with Crippen molar-refractivity contribution in [1.29, 1.82) is 0 Å². The molecule has 0 amide bonds. The SMILES string of the molecule is C=NC(=CC=C(C)C(=O)CCCCC1CC(C(C)(C)S(=O)(=O)c2cccc(C(F)(F)F)c2)C1)OCC(F)(F)F. The van der Waals surface area contributed by atoms with Crippen molar-refractivity contribution in [1.82, 2.24) is 0 Å². The topological polar surface area (TPSA) is 72.8 Å². The van der Waals surface area contributed by atoms with Crippen LogP contribution in [-0.4, -0.2) is 38.4 Å². The summed E-state index contributed by atoms with van der Waals surface area (Å²) in [7, 11) is -4.01. The normalized spacial score (nSPS) is 19.4. The molecule has 0 saturated heterocycles. The number of sulfone groups is 1. The van der Waals surface area contributed by atoms with Gasteiger partial charge in [0.05, 0.1) is 15.2 Å². The Bertz CT molecular complexity index is 1190. The Hall–Kier alpha value is -2.63. The number of aliphatic imine (C=N–C) groups is 1. The maximum atomic E-state index is 13.2. The summed E-state index contributed by atoms with van der Waals surface area (Å²) in [5.74, 6) is -0.470. The second kappa shape index (κ2) is 12.7. The van der Waals surface area contributed by atoms with Crippen LogP contribution in [0.1, 0.15) is 64.9 Å². The monoisotopic (exact) mass is 581 g/mol. The fraction of sp³-hybridized carbons (Fsp3) is 0.556. The summed E-state index contributed by atoms with van der Waals surface area (Å²) in [6, 6.07) is 3.81. The molecule has 5 nitrogen and oxygen atoms in total. The number of carbonyl (C=O) groups is 1. The van der Waals surface area contributed by atoms with Crippen molar-refractivity contribution in [3.05, 3.63) is 53.4 Å². The summed E-state index contributed by atoms with van der Waals surface area (Å²) in [4.78, 5) is 15.3. The summed E-state index contributed by atoms with van der Waals surface area (Å²) < 4.78 is 106. The van der Waals surface area contributed by atoms with E-state index in [0.717, 1.165) is 31.1 Å². The van der Waals surface area contributed by atoms with Crippen LogP contribution in [0.5, 0.6) is 0 Å². The molecule has 39 heavy (non-hydrogen) atoms. The van der Waals surface area contributed by atoms with Gasteiger partial charge >= 0.3 is 12.4 Å². The average molecular weight is 582 g/mol. The number of ether oxygens (including phenoxy) is 1. The first-order chi connectivity index (χ1) is 17.9. The van der Waals surface area contributed by atoms with Gasteiger partial charge in [-0.15, -0.1) is 0 Å². The number of ketones is 1. The molecule has 1 fully saturated rings. The molecular weight excluding hydrogens is 548 g/mol. The van der Waals surface area contributed by atoms with E-state index >= 15 is 0 Å². The highest BCUT2D eigenvalue weighted by Gasteiger charge is 2.48. The highest BCUT2D eigenvalue weighted by molar-refractivity contribution is 7.92. The average Bonchev–Trinajstić information content (AvgIpc) is 2.81. The van der Waals surface area contributed by atoms with Crippen molar-refractivity contribution < 1.29 is 44.3 Å². The molecule has 12 heteroatoms. The second-order valence-electron chi connectivity index (χ2n) is 10.3. The highest BCUT2D eigenvalue weighted by Crippen LogP contribution is 2.48. The molecule has 0 unspecified atom stereocenters. The number of alkyl halides is 6. The number of rotatable bonds is 13. The van der Waals surface area contributed by atoms with Crippen LogP contribution in [0.3, 0.4) is 0 Å². The molecule has 218 valence electrons. The molecule has 0 radical (unpaired) electrons. The number of allylic oxidation sites excluding steroid dienone is 3. The van der Waals surface area contributed by atoms with E-state index in [2.05, 4.69) is 16.4 Å². The number of unbranched alkanes of at least 4 members (excludes halogenated alkanes) is 1. The Balaban J connectivity index is 1.83. The van der Waals surface area contributed by atoms with Crippen LogP contribution >= 0.6 is 0 Å². The lowest BCUT2D eigenvalue weighted by molar-refractivity contribution is -0.164. The molecule has 0 atom stereocenters. The Kier molecular flexibility index (Phi) is 10.6. The van der Waals surface area contributed by atoms with Gasteiger partial charge in [-0.05, 0) is 82.4 Å². The number of halogens is 6. The van der Waals surface area contributed by atoms with E-state index in [-0.39, 0.29) is 34.8 Å². The van der Waals surface area contributed by atoms with Gasteiger partial charge in [-0.2, -0.15) is 26.3 Å². The van der Waals surface area contributed by atoms with Crippen LogP contribution in [0.25, 0.3) is 0 Å². The van der Waals surface area contributed by atoms with E-state index in [9.17, 15) is 39.6 Å². The lowest BCUT2D eigenvalue weighted by Gasteiger charge is -2.45. The summed E-state index contributed by atoms with van der Waals surface area (Å²) in [5.41, 5.74) is -0.675. The maximum absolute atomic E-state index is 13.2. The van der Waals surface area contributed by atoms with Crippen LogP contribution in [-0.2, 0) is 25.5 Å². The Morgan fingerprint density at radius 1 is 1.10 bits per heavy atom. The molecule has 0 heterocycles. The van der Waals surface area contributed by atoms with Crippen molar-refractivity contribution in [3.63, 3.8) is 0 Å². The lowest BCUT2D eigenvalue weighted by Crippen LogP contribution is -2.46. The fourth-order valence-electron chi connectivity index (χ4n) is 4.41. The van der Waals surface area contributed by atoms with Gasteiger partial charge in [0.25, 0.3) is 0 Å². The van der Waals surface area contributed by atoms with Crippen LogP contribution in [0.15, 0.2) is 57.8 Å². The van der Waals surface area contributed by atoms with Gasteiger partial charge in [0.2, 0.25) is 5.88 Å². The Morgan fingerprint density at radius 3 is 2.31 bits per heavy atom. The van der Waals surface area contributed by atoms with Crippen molar-refractivity contribution in [2.45, 2.75) is 81.3 Å². The fourth-order valence-corrected chi connectivity index (χ4v) is 6.19. The predicted octanol–water partition coefficient (Wildman–Crippen LogP) is 7.48. The smallest absolute Gasteiger partial charge is 0.422 e. The van der Waals surface area contributed by atoms with Gasteiger partial charge in [-0.3, -0.25) is 4.79 Å². The van der Waals surface area contributed by atoms with Crippen molar-refractivity contribution in [2.24, 2.45) is 16.8 Å². The van der Waals surface area contributed by atoms with Crippen molar-refractivity contribution >= 4 is 22.3 Å². The van der Waals surface area contributed by atoms with Crippen molar-refractivity contribution in [3.8, 4) is 0 Å². The van der Waals surface area contributed by atoms with Gasteiger partial charge in [0.1, 0.15) is 0 Å². The van der Waals surface area contributed by atoms with Gasteiger partial charge in [-0.25, -0.2) is 13.4 Å². The van der Waals surface area contributed by atoms with Crippen LogP contribution in [0, 0.1) is 11.8 Å². The quantitative estimate of drug-likeness (QED) is 0.0605. The summed E-state index contributed by atoms with van der Waals surface area (Å²) in [6.45, 7) is 6.25. The number of Topliss-reactive ketones (excluding diaryl/α,β-unsaturated/α-hetero) is 1. The van der Waals surface area contributed by atoms with Gasteiger partial charge in [0.15, 0.2) is 22.2 Å². The third kappa shape index (κ3) is 8.94.